The SMILES string of the molecule is CCOc1cc(/C=N\NCc2ccc(OC)c(OC)c2)cc(Cl)c1OCc1ccc([N+](=O)[O-])cc1. The van der Waals surface area contributed by atoms with Gasteiger partial charge >= 0.3 is 0 Å². The van der Waals surface area contributed by atoms with E-state index in [2.05, 4.69) is 10.5 Å². The van der Waals surface area contributed by atoms with Crippen LogP contribution in [-0.2, 0) is 13.2 Å². The number of ether oxygens (including phenoxy) is 4. The van der Waals surface area contributed by atoms with E-state index in [-0.39, 0.29) is 12.3 Å². The first-order valence-electron chi connectivity index (χ1n) is 10.7. The van der Waals surface area contributed by atoms with Crippen molar-refractivity contribution in [1.82, 2.24) is 5.43 Å². The molecule has 0 aliphatic heterocycles. The third kappa shape index (κ3) is 7.00. The van der Waals surface area contributed by atoms with Crippen molar-refractivity contribution < 1.29 is 23.9 Å². The van der Waals surface area contributed by atoms with E-state index in [4.69, 9.17) is 30.5 Å². The van der Waals surface area contributed by atoms with Gasteiger partial charge in [0, 0.05) is 12.1 Å². The minimum Gasteiger partial charge on any atom is -0.493 e. The van der Waals surface area contributed by atoms with Gasteiger partial charge in [-0.25, -0.2) is 0 Å². The Morgan fingerprint density at radius 1 is 0.971 bits per heavy atom. The third-order valence-electron chi connectivity index (χ3n) is 4.90. The van der Waals surface area contributed by atoms with Crippen molar-refractivity contribution in [2.24, 2.45) is 5.10 Å². The van der Waals surface area contributed by atoms with Crippen molar-refractivity contribution in [1.29, 1.82) is 0 Å². The van der Waals surface area contributed by atoms with Gasteiger partial charge in [-0.3, -0.25) is 10.1 Å². The predicted molar refractivity (Wildman–Crippen MR) is 134 cm³/mol. The summed E-state index contributed by atoms with van der Waals surface area (Å²) in [5.41, 5.74) is 5.47. The number of benzene rings is 3. The summed E-state index contributed by atoms with van der Waals surface area (Å²) in [5.74, 6) is 2.17. The fourth-order valence-corrected chi connectivity index (χ4v) is 3.46. The maximum absolute atomic E-state index is 10.8. The molecule has 10 heteroatoms. The zero-order valence-corrected chi connectivity index (χ0v) is 20.4. The van der Waals surface area contributed by atoms with E-state index in [0.717, 1.165) is 16.7 Å². The van der Waals surface area contributed by atoms with Crippen LogP contribution in [-0.4, -0.2) is 32.0 Å². The maximum Gasteiger partial charge on any atom is 0.269 e. The molecule has 0 aliphatic rings. The quantitative estimate of drug-likeness (QED) is 0.203. The first-order valence-corrected chi connectivity index (χ1v) is 11.1. The van der Waals surface area contributed by atoms with Crippen LogP contribution in [0.5, 0.6) is 23.0 Å². The molecule has 0 radical (unpaired) electrons. The van der Waals surface area contributed by atoms with Crippen molar-refractivity contribution in [2.45, 2.75) is 20.1 Å². The molecule has 0 aromatic heterocycles. The first kappa shape index (κ1) is 25.6. The van der Waals surface area contributed by atoms with Crippen LogP contribution >= 0.6 is 11.6 Å². The topological polar surface area (TPSA) is 104 Å². The molecule has 0 fully saturated rings. The van der Waals surface area contributed by atoms with Crippen LogP contribution in [0.25, 0.3) is 0 Å². The minimum absolute atomic E-state index is 0.0187. The Morgan fingerprint density at radius 3 is 2.34 bits per heavy atom. The number of hydrazone groups is 1. The molecule has 0 amide bonds. The molecule has 184 valence electrons. The van der Waals surface area contributed by atoms with Gasteiger partial charge in [-0.1, -0.05) is 17.7 Å². The molecule has 3 aromatic rings. The van der Waals surface area contributed by atoms with E-state index in [1.807, 2.05) is 25.1 Å². The fraction of sp³-hybridized carbons (Fsp3) is 0.240. The van der Waals surface area contributed by atoms with E-state index in [1.165, 1.54) is 12.1 Å². The second-order valence-electron chi connectivity index (χ2n) is 7.26. The van der Waals surface area contributed by atoms with Crippen molar-refractivity contribution in [2.75, 3.05) is 20.8 Å². The highest BCUT2D eigenvalue weighted by Crippen LogP contribution is 2.37. The lowest BCUT2D eigenvalue weighted by Gasteiger charge is -2.14. The van der Waals surface area contributed by atoms with E-state index in [9.17, 15) is 10.1 Å². The van der Waals surface area contributed by atoms with Gasteiger partial charge in [-0.05, 0) is 60.0 Å². The Bertz CT molecular complexity index is 1180. The average Bonchev–Trinajstić information content (AvgIpc) is 2.86. The zero-order valence-electron chi connectivity index (χ0n) is 19.6. The molecule has 3 aromatic carbocycles. The van der Waals surface area contributed by atoms with E-state index in [0.29, 0.717) is 41.2 Å². The molecular weight excluding hydrogens is 474 g/mol. The summed E-state index contributed by atoms with van der Waals surface area (Å²) in [7, 11) is 3.18. The standard InChI is InChI=1S/C25H26ClN3O6/c1-4-34-24-13-19(15-28-27-14-18-7-10-22(32-2)23(12-18)33-3)11-21(26)25(24)35-16-17-5-8-20(9-6-17)29(30)31/h5-13,15,27H,4,14,16H2,1-3H3/b28-15-. The van der Waals surface area contributed by atoms with E-state index >= 15 is 0 Å². The van der Waals surface area contributed by atoms with Crippen molar-refractivity contribution in [3.05, 3.63) is 86.4 Å². The second kappa shape index (κ2) is 12.5. The molecule has 0 atom stereocenters. The van der Waals surface area contributed by atoms with Crippen molar-refractivity contribution in [3.8, 4) is 23.0 Å². The number of halogens is 1. The van der Waals surface area contributed by atoms with Crippen LogP contribution in [0.1, 0.15) is 23.6 Å². The van der Waals surface area contributed by atoms with E-state index < -0.39 is 4.92 Å². The summed E-state index contributed by atoms with van der Waals surface area (Å²) in [5, 5.41) is 15.4. The molecular formula is C25H26ClN3O6. The smallest absolute Gasteiger partial charge is 0.269 e. The Balaban J connectivity index is 1.66. The van der Waals surface area contributed by atoms with Gasteiger partial charge in [-0.15, -0.1) is 0 Å². The van der Waals surface area contributed by atoms with Crippen LogP contribution in [0.2, 0.25) is 5.02 Å². The molecule has 0 heterocycles. The second-order valence-corrected chi connectivity index (χ2v) is 7.66. The zero-order chi connectivity index (χ0) is 25.2. The Kier molecular flexibility index (Phi) is 9.14. The highest BCUT2D eigenvalue weighted by atomic mass is 35.5. The number of nitrogens with zero attached hydrogens (tertiary/aromatic N) is 2. The maximum atomic E-state index is 10.8. The van der Waals surface area contributed by atoms with Crippen LogP contribution in [0.15, 0.2) is 59.7 Å². The predicted octanol–water partition coefficient (Wildman–Crippen LogP) is 5.37. The van der Waals surface area contributed by atoms with Gasteiger partial charge < -0.3 is 24.4 Å². The largest absolute Gasteiger partial charge is 0.493 e. The van der Waals surface area contributed by atoms with Crippen LogP contribution in [0.4, 0.5) is 5.69 Å². The molecule has 0 saturated carbocycles. The Labute approximate surface area is 208 Å². The number of methoxy groups -OCH3 is 2. The van der Waals surface area contributed by atoms with Crippen molar-refractivity contribution >= 4 is 23.5 Å². The van der Waals surface area contributed by atoms with Crippen LogP contribution in [0.3, 0.4) is 0 Å². The molecule has 0 aliphatic carbocycles. The number of nitro benzene ring substituents is 1. The van der Waals surface area contributed by atoms with Gasteiger partial charge in [0.1, 0.15) is 6.61 Å². The lowest BCUT2D eigenvalue weighted by Crippen LogP contribution is -2.06. The lowest BCUT2D eigenvalue weighted by atomic mass is 10.2. The monoisotopic (exact) mass is 499 g/mol. The number of rotatable bonds is 12. The molecule has 0 unspecified atom stereocenters. The van der Waals surface area contributed by atoms with Gasteiger partial charge in [0.25, 0.3) is 5.69 Å². The summed E-state index contributed by atoms with van der Waals surface area (Å²) in [4.78, 5) is 10.4. The average molecular weight is 500 g/mol. The number of hydrogen-bond acceptors (Lipinski definition) is 8. The molecule has 1 N–H and O–H groups in total. The first-order chi connectivity index (χ1) is 16.9. The van der Waals surface area contributed by atoms with Gasteiger partial charge in [0.15, 0.2) is 23.0 Å². The number of nitrogens with one attached hydrogen (secondary N) is 1. The highest BCUT2D eigenvalue weighted by molar-refractivity contribution is 6.32. The summed E-state index contributed by atoms with van der Waals surface area (Å²) in [6.07, 6.45) is 1.63. The summed E-state index contributed by atoms with van der Waals surface area (Å²) in [6.45, 7) is 2.94. The fourth-order valence-electron chi connectivity index (χ4n) is 3.18. The molecule has 0 saturated heterocycles. The Morgan fingerprint density at radius 2 is 1.69 bits per heavy atom. The summed E-state index contributed by atoms with van der Waals surface area (Å²) in [6, 6.07) is 15.3. The number of hydrogen-bond donors (Lipinski definition) is 1. The van der Waals surface area contributed by atoms with Gasteiger partial charge in [0.05, 0.1) is 43.5 Å². The molecule has 9 nitrogen and oxygen atoms in total. The highest BCUT2D eigenvalue weighted by Gasteiger charge is 2.13. The molecule has 0 bridgehead atoms. The summed E-state index contributed by atoms with van der Waals surface area (Å²) < 4.78 is 22.2. The third-order valence-corrected chi connectivity index (χ3v) is 5.18. The van der Waals surface area contributed by atoms with Gasteiger partial charge in [0.2, 0.25) is 0 Å². The van der Waals surface area contributed by atoms with E-state index in [1.54, 1.807) is 44.7 Å². The van der Waals surface area contributed by atoms with Crippen LogP contribution in [0, 0.1) is 10.1 Å². The minimum atomic E-state index is -0.447. The van der Waals surface area contributed by atoms with Gasteiger partial charge in [-0.2, -0.15) is 5.10 Å². The van der Waals surface area contributed by atoms with Crippen molar-refractivity contribution in [3.63, 3.8) is 0 Å². The molecule has 35 heavy (non-hydrogen) atoms. The number of nitro groups is 1. The lowest BCUT2D eigenvalue weighted by molar-refractivity contribution is -0.384. The molecule has 3 rings (SSSR count). The number of non-ortho nitro benzene ring substituents is 1. The summed E-state index contributed by atoms with van der Waals surface area (Å²) >= 11 is 6.47. The molecule has 0 spiro atoms. The normalized spacial score (nSPS) is 10.7. The van der Waals surface area contributed by atoms with Crippen LogP contribution < -0.4 is 24.4 Å². The Hall–Kier alpha value is -3.98.